The summed E-state index contributed by atoms with van der Waals surface area (Å²) in [4.78, 5) is 4.59. The molecule has 0 aliphatic heterocycles. The monoisotopic (exact) mass is 442 g/mol. The first-order valence-corrected chi connectivity index (χ1v) is 10.3. The van der Waals surface area contributed by atoms with Crippen LogP contribution in [0.4, 0.5) is 8.78 Å². The van der Waals surface area contributed by atoms with Crippen LogP contribution in [0.15, 0.2) is 47.5 Å². The molecule has 2 aromatic carbocycles. The maximum absolute atomic E-state index is 14.2. The number of aliphatic imine (C=N–C) groups is 1. The molecule has 0 spiro atoms. The van der Waals surface area contributed by atoms with Crippen LogP contribution in [-0.4, -0.2) is 34.4 Å². The molecule has 32 heavy (non-hydrogen) atoms. The fourth-order valence-electron chi connectivity index (χ4n) is 3.14. The second-order valence-electron chi connectivity index (χ2n) is 7.44. The van der Waals surface area contributed by atoms with Crippen LogP contribution in [0.25, 0.3) is 0 Å². The van der Waals surface area contributed by atoms with Crippen molar-refractivity contribution in [2.45, 2.75) is 32.9 Å². The van der Waals surface area contributed by atoms with E-state index >= 15 is 0 Å². The number of hydrogen-bond donors (Lipinski definition) is 2. The number of benzene rings is 2. The van der Waals surface area contributed by atoms with Gasteiger partial charge >= 0.3 is 0 Å². The molecule has 9 heteroatoms. The molecule has 1 heterocycles. The van der Waals surface area contributed by atoms with Crippen molar-refractivity contribution in [3.8, 4) is 5.75 Å². The Hall–Kier alpha value is -3.49. The van der Waals surface area contributed by atoms with Gasteiger partial charge in [-0.1, -0.05) is 18.2 Å². The average molecular weight is 443 g/mol. The van der Waals surface area contributed by atoms with E-state index in [-0.39, 0.29) is 0 Å². The van der Waals surface area contributed by atoms with Crippen LogP contribution in [-0.2, 0) is 20.0 Å². The lowest BCUT2D eigenvalue weighted by molar-refractivity contribution is 0.414. The van der Waals surface area contributed by atoms with Gasteiger partial charge in [-0.2, -0.15) is 0 Å². The molecule has 2 N–H and O–H groups in total. The quantitative estimate of drug-likeness (QED) is 0.413. The van der Waals surface area contributed by atoms with Crippen molar-refractivity contribution in [2.24, 2.45) is 12.0 Å². The largest absolute Gasteiger partial charge is 0.497 e. The molecule has 7 nitrogen and oxygen atoms in total. The van der Waals surface area contributed by atoms with E-state index in [0.717, 1.165) is 29.6 Å². The van der Waals surface area contributed by atoms with Crippen LogP contribution in [0, 0.1) is 18.6 Å². The predicted octanol–water partition coefficient (Wildman–Crippen LogP) is 3.45. The zero-order valence-corrected chi connectivity index (χ0v) is 18.7. The molecule has 0 aliphatic rings. The number of ether oxygens (including phenoxy) is 1. The summed E-state index contributed by atoms with van der Waals surface area (Å²) in [6.45, 7) is 4.57. The summed E-state index contributed by atoms with van der Waals surface area (Å²) in [5, 5.41) is 14.6. The first-order chi connectivity index (χ1) is 15.4. The van der Waals surface area contributed by atoms with Crippen LogP contribution < -0.4 is 15.4 Å². The number of rotatable bonds is 8. The Morgan fingerprint density at radius 2 is 1.91 bits per heavy atom. The lowest BCUT2D eigenvalue weighted by Gasteiger charge is -2.19. The van der Waals surface area contributed by atoms with E-state index < -0.39 is 17.7 Å². The fourth-order valence-corrected chi connectivity index (χ4v) is 3.14. The van der Waals surface area contributed by atoms with Gasteiger partial charge in [0.1, 0.15) is 29.8 Å². The second-order valence-corrected chi connectivity index (χ2v) is 7.44. The zero-order chi connectivity index (χ0) is 23.1. The topological polar surface area (TPSA) is 76.4 Å². The van der Waals surface area contributed by atoms with E-state index in [1.165, 1.54) is 12.1 Å². The standard InChI is InChI=1S/C23H28F2N6O/c1-15(20-10-7-18(24)13-21(20)25)28-23(27-14-22-30-29-16(2)31(22)3)26-12-11-17-5-8-19(32-4)9-6-17/h5-10,13,15H,11-12,14H2,1-4H3,(H2,26,27,28). The van der Waals surface area contributed by atoms with Crippen molar-refractivity contribution in [3.63, 3.8) is 0 Å². The molecule has 0 amide bonds. The number of nitrogens with zero attached hydrogens (tertiary/aromatic N) is 4. The zero-order valence-electron chi connectivity index (χ0n) is 18.7. The van der Waals surface area contributed by atoms with Crippen molar-refractivity contribution >= 4 is 5.96 Å². The molecular formula is C23H28F2N6O. The maximum Gasteiger partial charge on any atom is 0.192 e. The number of halogens is 2. The Kier molecular flexibility index (Phi) is 7.75. The summed E-state index contributed by atoms with van der Waals surface area (Å²) < 4.78 is 34.5. The van der Waals surface area contributed by atoms with Gasteiger partial charge in [0.2, 0.25) is 0 Å². The van der Waals surface area contributed by atoms with E-state index in [1.807, 2.05) is 42.8 Å². The van der Waals surface area contributed by atoms with Gasteiger partial charge in [0.15, 0.2) is 11.8 Å². The molecule has 170 valence electrons. The number of methoxy groups -OCH3 is 1. The van der Waals surface area contributed by atoms with Crippen LogP contribution in [0.5, 0.6) is 5.75 Å². The molecule has 0 saturated carbocycles. The Morgan fingerprint density at radius 1 is 1.16 bits per heavy atom. The maximum atomic E-state index is 14.2. The molecular weight excluding hydrogens is 414 g/mol. The number of nitrogens with one attached hydrogen (secondary N) is 2. The normalized spacial score (nSPS) is 12.5. The van der Waals surface area contributed by atoms with Crippen molar-refractivity contribution in [3.05, 3.63) is 76.9 Å². The highest BCUT2D eigenvalue weighted by Gasteiger charge is 2.14. The number of guanidine groups is 1. The SMILES string of the molecule is COc1ccc(CCNC(=NCc2nnc(C)n2C)NC(C)c2ccc(F)cc2F)cc1. The minimum absolute atomic E-state index is 0.299. The van der Waals surface area contributed by atoms with Crippen molar-refractivity contribution in [2.75, 3.05) is 13.7 Å². The molecule has 0 radical (unpaired) electrons. The molecule has 0 saturated heterocycles. The highest BCUT2D eigenvalue weighted by Crippen LogP contribution is 2.17. The summed E-state index contributed by atoms with van der Waals surface area (Å²) in [5.41, 5.74) is 1.49. The third-order valence-corrected chi connectivity index (χ3v) is 5.21. The lowest BCUT2D eigenvalue weighted by atomic mass is 10.1. The summed E-state index contributed by atoms with van der Waals surface area (Å²) in [7, 11) is 3.51. The first-order valence-electron chi connectivity index (χ1n) is 10.3. The van der Waals surface area contributed by atoms with E-state index in [4.69, 9.17) is 4.74 Å². The molecule has 3 rings (SSSR count). The molecule has 0 bridgehead atoms. The Labute approximate surface area is 186 Å². The minimum atomic E-state index is -0.609. The van der Waals surface area contributed by atoms with Crippen LogP contribution in [0.1, 0.15) is 35.7 Å². The van der Waals surface area contributed by atoms with Gasteiger partial charge in [-0.3, -0.25) is 0 Å². The van der Waals surface area contributed by atoms with Gasteiger partial charge in [-0.25, -0.2) is 13.8 Å². The van der Waals surface area contributed by atoms with Crippen molar-refractivity contribution in [1.29, 1.82) is 0 Å². The highest BCUT2D eigenvalue weighted by molar-refractivity contribution is 5.80. The lowest BCUT2D eigenvalue weighted by Crippen LogP contribution is -2.40. The molecule has 3 aromatic rings. The van der Waals surface area contributed by atoms with Crippen molar-refractivity contribution < 1.29 is 13.5 Å². The molecule has 1 atom stereocenters. The Morgan fingerprint density at radius 3 is 2.53 bits per heavy atom. The van der Waals surface area contributed by atoms with Crippen LogP contribution in [0.2, 0.25) is 0 Å². The van der Waals surface area contributed by atoms with Crippen LogP contribution in [0.3, 0.4) is 0 Å². The third-order valence-electron chi connectivity index (χ3n) is 5.21. The fraction of sp³-hybridized carbons (Fsp3) is 0.348. The molecule has 0 aliphatic carbocycles. The van der Waals surface area contributed by atoms with Gasteiger partial charge in [0.05, 0.1) is 13.2 Å². The van der Waals surface area contributed by atoms with E-state index in [0.29, 0.717) is 30.4 Å². The molecule has 0 fully saturated rings. The average Bonchev–Trinajstić information content (AvgIpc) is 3.09. The third kappa shape index (κ3) is 6.03. The summed E-state index contributed by atoms with van der Waals surface area (Å²) in [5.74, 6) is 1.59. The summed E-state index contributed by atoms with van der Waals surface area (Å²) in [6, 6.07) is 11.0. The van der Waals surface area contributed by atoms with E-state index in [2.05, 4.69) is 25.8 Å². The second kappa shape index (κ2) is 10.7. The van der Waals surface area contributed by atoms with Crippen LogP contribution >= 0.6 is 0 Å². The minimum Gasteiger partial charge on any atom is -0.497 e. The Bertz CT molecular complexity index is 1060. The van der Waals surface area contributed by atoms with Crippen molar-refractivity contribution in [1.82, 2.24) is 25.4 Å². The smallest absolute Gasteiger partial charge is 0.192 e. The number of hydrogen-bond acceptors (Lipinski definition) is 4. The molecule has 1 aromatic heterocycles. The van der Waals surface area contributed by atoms with E-state index in [1.54, 1.807) is 14.0 Å². The predicted molar refractivity (Wildman–Crippen MR) is 119 cm³/mol. The Balaban J connectivity index is 1.70. The van der Waals surface area contributed by atoms with E-state index in [9.17, 15) is 8.78 Å². The van der Waals surface area contributed by atoms with Gasteiger partial charge in [-0.15, -0.1) is 10.2 Å². The van der Waals surface area contributed by atoms with Gasteiger partial charge in [0, 0.05) is 25.2 Å². The van der Waals surface area contributed by atoms with Gasteiger partial charge < -0.3 is 19.9 Å². The van der Waals surface area contributed by atoms with Gasteiger partial charge in [0.25, 0.3) is 0 Å². The number of aromatic nitrogens is 3. The molecule has 1 unspecified atom stereocenters. The summed E-state index contributed by atoms with van der Waals surface area (Å²) in [6.07, 6.45) is 0.757. The number of aryl methyl sites for hydroxylation is 1. The van der Waals surface area contributed by atoms with Gasteiger partial charge in [-0.05, 0) is 44.0 Å². The summed E-state index contributed by atoms with van der Waals surface area (Å²) >= 11 is 0. The first kappa shape index (κ1) is 23.2. The highest BCUT2D eigenvalue weighted by atomic mass is 19.1.